The maximum atomic E-state index is 12.9. The van der Waals surface area contributed by atoms with Crippen molar-refractivity contribution in [2.45, 2.75) is 25.3 Å². The van der Waals surface area contributed by atoms with Gasteiger partial charge in [0.2, 0.25) is 5.91 Å². The number of benzene rings is 2. The monoisotopic (exact) mass is 346 g/mol. The Morgan fingerprint density at radius 2 is 1.73 bits per heavy atom. The highest BCUT2D eigenvalue weighted by Gasteiger charge is 2.44. The summed E-state index contributed by atoms with van der Waals surface area (Å²) in [7, 11) is 1.93. The smallest absolute Gasteiger partial charge is 0.224 e. The molecule has 26 heavy (non-hydrogen) atoms. The minimum atomic E-state index is -0.299. The minimum absolute atomic E-state index is 0.0259. The summed E-state index contributed by atoms with van der Waals surface area (Å²) in [4.78, 5) is 12.9. The zero-order valence-electron chi connectivity index (χ0n) is 15.0. The van der Waals surface area contributed by atoms with Gasteiger partial charge in [0.05, 0.1) is 0 Å². The molecule has 0 saturated heterocycles. The van der Waals surface area contributed by atoms with Crippen molar-refractivity contribution in [3.63, 3.8) is 0 Å². The molecule has 0 aliphatic heterocycles. The Kier molecular flexibility index (Phi) is 4.29. The topological polar surface area (TPSA) is 59.8 Å². The molecular formula is C21H22N4O. The molecule has 4 rings (SSSR count). The lowest BCUT2D eigenvalue weighted by molar-refractivity contribution is -0.123. The van der Waals surface area contributed by atoms with Crippen LogP contribution < -0.4 is 5.32 Å². The standard InChI is InChI=1S/C21H22N4O/c1-14-23-24-20(25(14)2)19(16-11-7-4-8-12-16)22-21(26)18-13-17(18)15-9-5-3-6-10-15/h3-12,17-19H,13H2,1-2H3,(H,22,26)/t17-,18+,19-/m1/s1. The highest BCUT2D eigenvalue weighted by atomic mass is 16.2. The lowest BCUT2D eigenvalue weighted by Gasteiger charge is -2.19. The van der Waals surface area contributed by atoms with E-state index in [1.807, 2.05) is 67.1 Å². The lowest BCUT2D eigenvalue weighted by Crippen LogP contribution is -2.32. The molecule has 0 radical (unpaired) electrons. The number of hydrogen-bond donors (Lipinski definition) is 1. The maximum Gasteiger partial charge on any atom is 0.224 e. The molecule has 1 aromatic heterocycles. The first-order chi connectivity index (χ1) is 12.6. The third-order valence-electron chi connectivity index (χ3n) is 5.16. The molecule has 2 aromatic carbocycles. The number of aromatic nitrogens is 3. The lowest BCUT2D eigenvalue weighted by atomic mass is 10.1. The summed E-state index contributed by atoms with van der Waals surface area (Å²) in [6.45, 7) is 1.91. The van der Waals surface area contributed by atoms with Crippen LogP contribution >= 0.6 is 0 Å². The molecule has 1 aliphatic carbocycles. The van der Waals surface area contributed by atoms with Crippen molar-refractivity contribution in [1.82, 2.24) is 20.1 Å². The molecule has 5 nitrogen and oxygen atoms in total. The van der Waals surface area contributed by atoms with Crippen LogP contribution in [0.1, 0.15) is 41.2 Å². The maximum absolute atomic E-state index is 12.9. The van der Waals surface area contributed by atoms with E-state index >= 15 is 0 Å². The van der Waals surface area contributed by atoms with Gasteiger partial charge in [0, 0.05) is 13.0 Å². The van der Waals surface area contributed by atoms with Crippen LogP contribution in [-0.2, 0) is 11.8 Å². The number of nitrogens with one attached hydrogen (secondary N) is 1. The third kappa shape index (κ3) is 3.12. The van der Waals surface area contributed by atoms with Crippen LogP contribution in [0, 0.1) is 12.8 Å². The van der Waals surface area contributed by atoms with Gasteiger partial charge in [-0.15, -0.1) is 10.2 Å². The second kappa shape index (κ2) is 6.75. The van der Waals surface area contributed by atoms with Gasteiger partial charge in [-0.1, -0.05) is 60.7 Å². The normalized spacial score (nSPS) is 19.8. The van der Waals surface area contributed by atoms with E-state index in [9.17, 15) is 4.79 Å². The van der Waals surface area contributed by atoms with Gasteiger partial charge in [-0.05, 0) is 30.4 Å². The largest absolute Gasteiger partial charge is 0.342 e. The van der Waals surface area contributed by atoms with Crippen LogP contribution in [0.15, 0.2) is 60.7 Å². The highest BCUT2D eigenvalue weighted by Crippen LogP contribution is 2.47. The zero-order valence-corrected chi connectivity index (χ0v) is 15.0. The minimum Gasteiger partial charge on any atom is -0.342 e. The highest BCUT2D eigenvalue weighted by molar-refractivity contribution is 5.83. The first-order valence-electron chi connectivity index (χ1n) is 8.91. The van der Waals surface area contributed by atoms with Crippen molar-refractivity contribution >= 4 is 5.91 Å². The van der Waals surface area contributed by atoms with E-state index in [1.54, 1.807) is 0 Å². The Morgan fingerprint density at radius 3 is 2.35 bits per heavy atom. The fraction of sp³-hybridized carbons (Fsp3) is 0.286. The summed E-state index contributed by atoms with van der Waals surface area (Å²) in [5.74, 6) is 1.99. The van der Waals surface area contributed by atoms with Crippen molar-refractivity contribution in [2.24, 2.45) is 13.0 Å². The Morgan fingerprint density at radius 1 is 1.08 bits per heavy atom. The fourth-order valence-corrected chi connectivity index (χ4v) is 3.42. The molecule has 3 aromatic rings. The summed E-state index contributed by atoms with van der Waals surface area (Å²) in [6.07, 6.45) is 0.898. The van der Waals surface area contributed by atoms with Crippen LogP contribution in [0.3, 0.4) is 0 Å². The number of rotatable bonds is 5. The van der Waals surface area contributed by atoms with Crippen LogP contribution in [0.4, 0.5) is 0 Å². The number of hydrogen-bond acceptors (Lipinski definition) is 3. The van der Waals surface area contributed by atoms with Crippen molar-refractivity contribution in [3.8, 4) is 0 Å². The quantitative estimate of drug-likeness (QED) is 0.772. The van der Waals surface area contributed by atoms with Gasteiger partial charge in [-0.3, -0.25) is 4.79 Å². The van der Waals surface area contributed by atoms with Crippen molar-refractivity contribution in [1.29, 1.82) is 0 Å². The van der Waals surface area contributed by atoms with Gasteiger partial charge < -0.3 is 9.88 Å². The van der Waals surface area contributed by atoms with E-state index in [2.05, 4.69) is 27.6 Å². The van der Waals surface area contributed by atoms with Crippen LogP contribution in [0.5, 0.6) is 0 Å². The van der Waals surface area contributed by atoms with Crippen LogP contribution in [-0.4, -0.2) is 20.7 Å². The predicted molar refractivity (Wildman–Crippen MR) is 99.5 cm³/mol. The van der Waals surface area contributed by atoms with E-state index < -0.39 is 0 Å². The Balaban J connectivity index is 1.56. The van der Waals surface area contributed by atoms with Crippen molar-refractivity contribution in [2.75, 3.05) is 0 Å². The Labute approximate surface area is 153 Å². The first-order valence-corrected chi connectivity index (χ1v) is 8.91. The van der Waals surface area contributed by atoms with E-state index in [0.29, 0.717) is 5.92 Å². The van der Waals surface area contributed by atoms with Crippen LogP contribution in [0.25, 0.3) is 0 Å². The molecule has 1 N–H and O–H groups in total. The van der Waals surface area contributed by atoms with Crippen molar-refractivity contribution < 1.29 is 4.79 Å². The van der Waals surface area contributed by atoms with E-state index in [0.717, 1.165) is 23.6 Å². The predicted octanol–water partition coefficient (Wildman–Crippen LogP) is 3.13. The Hall–Kier alpha value is -2.95. The van der Waals surface area contributed by atoms with E-state index in [1.165, 1.54) is 5.56 Å². The third-order valence-corrected chi connectivity index (χ3v) is 5.16. The molecule has 3 atom stereocenters. The van der Waals surface area contributed by atoms with Gasteiger partial charge in [-0.2, -0.15) is 0 Å². The molecule has 1 fully saturated rings. The molecule has 1 heterocycles. The number of nitrogens with zero attached hydrogens (tertiary/aromatic N) is 3. The molecule has 1 aliphatic rings. The second-order valence-electron chi connectivity index (χ2n) is 6.88. The average molecular weight is 346 g/mol. The number of carbonyl (C=O) groups is 1. The second-order valence-corrected chi connectivity index (χ2v) is 6.88. The van der Waals surface area contributed by atoms with Crippen LogP contribution in [0.2, 0.25) is 0 Å². The van der Waals surface area contributed by atoms with Gasteiger partial charge in [0.1, 0.15) is 11.9 Å². The van der Waals surface area contributed by atoms with Crippen molar-refractivity contribution in [3.05, 3.63) is 83.4 Å². The summed E-state index contributed by atoms with van der Waals surface area (Å²) in [6, 6.07) is 19.9. The van der Waals surface area contributed by atoms with Gasteiger partial charge in [0.15, 0.2) is 5.82 Å². The molecule has 0 spiro atoms. The number of aryl methyl sites for hydroxylation is 1. The first kappa shape index (κ1) is 16.5. The molecular weight excluding hydrogens is 324 g/mol. The number of amides is 1. The zero-order chi connectivity index (χ0) is 18.1. The molecule has 0 unspecified atom stereocenters. The molecule has 1 amide bonds. The SMILES string of the molecule is Cc1nnc([C@H](NC(=O)[C@H]2C[C@@H]2c2ccccc2)c2ccccc2)n1C. The molecule has 0 bridgehead atoms. The molecule has 1 saturated carbocycles. The molecule has 5 heteroatoms. The van der Waals surface area contributed by atoms with Gasteiger partial charge >= 0.3 is 0 Å². The van der Waals surface area contributed by atoms with Gasteiger partial charge in [0.25, 0.3) is 0 Å². The summed E-state index contributed by atoms with van der Waals surface area (Å²) < 4.78 is 1.93. The fourth-order valence-electron chi connectivity index (χ4n) is 3.42. The van der Waals surface area contributed by atoms with E-state index in [-0.39, 0.29) is 17.9 Å². The van der Waals surface area contributed by atoms with Gasteiger partial charge in [-0.25, -0.2) is 0 Å². The number of carbonyl (C=O) groups excluding carboxylic acids is 1. The summed E-state index contributed by atoms with van der Waals surface area (Å²) in [5, 5.41) is 11.7. The Bertz CT molecular complexity index is 904. The van der Waals surface area contributed by atoms with E-state index in [4.69, 9.17) is 0 Å². The molecule has 132 valence electrons. The summed E-state index contributed by atoms with van der Waals surface area (Å²) in [5.41, 5.74) is 2.24. The average Bonchev–Trinajstić information content (AvgIpc) is 3.42. The summed E-state index contributed by atoms with van der Waals surface area (Å²) >= 11 is 0.